The van der Waals surface area contributed by atoms with Crippen LogP contribution in [0.2, 0.25) is 0 Å². The summed E-state index contributed by atoms with van der Waals surface area (Å²) in [5.41, 5.74) is 1.02. The molecule has 1 aromatic carbocycles. The number of ether oxygens (including phenoxy) is 1. The number of hydrogen-bond donors (Lipinski definition) is 0. The lowest BCUT2D eigenvalue weighted by Gasteiger charge is -2.12. The lowest BCUT2D eigenvalue weighted by atomic mass is 10.2. The van der Waals surface area contributed by atoms with Crippen LogP contribution in [0.5, 0.6) is 5.75 Å². The van der Waals surface area contributed by atoms with Crippen molar-refractivity contribution in [2.75, 3.05) is 20.7 Å². The van der Waals surface area contributed by atoms with E-state index in [0.717, 1.165) is 15.8 Å². The molecule has 0 bridgehead atoms. The zero-order valence-electron chi connectivity index (χ0n) is 9.08. The third-order valence-electron chi connectivity index (χ3n) is 2.00. The van der Waals surface area contributed by atoms with Crippen molar-refractivity contribution in [2.24, 2.45) is 0 Å². The summed E-state index contributed by atoms with van der Waals surface area (Å²) in [5.74, 6) is 0.689. The van der Waals surface area contributed by atoms with Crippen LogP contribution in [-0.2, 0) is 4.79 Å². The molecule has 0 heterocycles. The molecule has 0 atom stereocenters. The summed E-state index contributed by atoms with van der Waals surface area (Å²) in [4.78, 5) is 12.8. The SMILES string of the molecule is Cc1ccc(Br)cc1OCC(=O)N(C)C. The summed E-state index contributed by atoms with van der Waals surface area (Å²) in [6.07, 6.45) is 0. The van der Waals surface area contributed by atoms with Gasteiger partial charge in [-0.1, -0.05) is 22.0 Å². The van der Waals surface area contributed by atoms with Gasteiger partial charge in [0.15, 0.2) is 6.61 Å². The van der Waals surface area contributed by atoms with Gasteiger partial charge >= 0.3 is 0 Å². The molecule has 15 heavy (non-hydrogen) atoms. The number of carbonyl (C=O) groups is 1. The number of carbonyl (C=O) groups excluding carboxylic acids is 1. The van der Waals surface area contributed by atoms with E-state index in [4.69, 9.17) is 4.74 Å². The molecule has 1 aromatic rings. The molecule has 0 aliphatic rings. The van der Waals surface area contributed by atoms with Gasteiger partial charge in [0.1, 0.15) is 5.75 Å². The van der Waals surface area contributed by atoms with Crippen molar-refractivity contribution in [3.8, 4) is 5.75 Å². The van der Waals surface area contributed by atoms with Crippen LogP contribution in [0.15, 0.2) is 22.7 Å². The van der Waals surface area contributed by atoms with Crippen LogP contribution in [0.25, 0.3) is 0 Å². The highest BCUT2D eigenvalue weighted by Gasteiger charge is 2.06. The van der Waals surface area contributed by atoms with Crippen LogP contribution in [0.1, 0.15) is 5.56 Å². The molecule has 0 saturated carbocycles. The number of halogens is 1. The monoisotopic (exact) mass is 271 g/mol. The van der Waals surface area contributed by atoms with Crippen LogP contribution in [0, 0.1) is 6.92 Å². The minimum Gasteiger partial charge on any atom is -0.483 e. The molecule has 0 unspecified atom stereocenters. The molecule has 3 nitrogen and oxygen atoms in total. The number of likely N-dealkylation sites (N-methyl/N-ethyl adjacent to an activating group) is 1. The van der Waals surface area contributed by atoms with E-state index >= 15 is 0 Å². The van der Waals surface area contributed by atoms with E-state index in [1.165, 1.54) is 4.90 Å². The number of hydrogen-bond acceptors (Lipinski definition) is 2. The summed E-state index contributed by atoms with van der Waals surface area (Å²) in [7, 11) is 3.42. The third kappa shape index (κ3) is 3.55. The molecule has 0 spiro atoms. The van der Waals surface area contributed by atoms with Gasteiger partial charge in [0.25, 0.3) is 5.91 Å². The molecule has 82 valence electrons. The summed E-state index contributed by atoms with van der Waals surface area (Å²) < 4.78 is 6.36. The van der Waals surface area contributed by atoms with E-state index in [9.17, 15) is 4.79 Å². The lowest BCUT2D eigenvalue weighted by Crippen LogP contribution is -2.27. The summed E-state index contributed by atoms with van der Waals surface area (Å²) in [6, 6.07) is 5.74. The zero-order chi connectivity index (χ0) is 11.4. The Bertz CT molecular complexity index is 364. The van der Waals surface area contributed by atoms with Crippen molar-refractivity contribution in [1.29, 1.82) is 0 Å². The average Bonchev–Trinajstić information content (AvgIpc) is 2.18. The normalized spacial score (nSPS) is 9.87. The molecule has 0 aliphatic heterocycles. The largest absolute Gasteiger partial charge is 0.483 e. The summed E-state index contributed by atoms with van der Waals surface area (Å²) >= 11 is 3.36. The van der Waals surface area contributed by atoms with Gasteiger partial charge in [-0.3, -0.25) is 4.79 Å². The Balaban J connectivity index is 2.65. The standard InChI is InChI=1S/C11H14BrNO2/c1-8-4-5-9(12)6-10(8)15-7-11(14)13(2)3/h4-6H,7H2,1-3H3. The Morgan fingerprint density at radius 2 is 2.13 bits per heavy atom. The van der Waals surface area contributed by atoms with Gasteiger partial charge in [0, 0.05) is 18.6 Å². The number of rotatable bonds is 3. The fourth-order valence-corrected chi connectivity index (χ4v) is 1.34. The van der Waals surface area contributed by atoms with Crippen LogP contribution in [0.3, 0.4) is 0 Å². The zero-order valence-corrected chi connectivity index (χ0v) is 10.7. The van der Waals surface area contributed by atoms with Gasteiger partial charge in [-0.2, -0.15) is 0 Å². The Morgan fingerprint density at radius 1 is 1.47 bits per heavy atom. The summed E-state index contributed by atoms with van der Waals surface area (Å²) in [6.45, 7) is 2.02. The van der Waals surface area contributed by atoms with Crippen molar-refractivity contribution in [3.63, 3.8) is 0 Å². The Kier molecular flexibility index (Phi) is 4.15. The molecule has 0 radical (unpaired) electrons. The van der Waals surface area contributed by atoms with E-state index in [2.05, 4.69) is 15.9 Å². The van der Waals surface area contributed by atoms with Crippen molar-refractivity contribution < 1.29 is 9.53 Å². The average molecular weight is 272 g/mol. The van der Waals surface area contributed by atoms with Crippen LogP contribution in [0.4, 0.5) is 0 Å². The molecule has 0 N–H and O–H groups in total. The Morgan fingerprint density at radius 3 is 2.73 bits per heavy atom. The van der Waals surface area contributed by atoms with E-state index < -0.39 is 0 Å². The van der Waals surface area contributed by atoms with Crippen molar-refractivity contribution in [2.45, 2.75) is 6.92 Å². The van der Waals surface area contributed by atoms with Gasteiger partial charge in [0.2, 0.25) is 0 Å². The smallest absolute Gasteiger partial charge is 0.259 e. The molecular formula is C11H14BrNO2. The molecule has 0 saturated heterocycles. The Hall–Kier alpha value is -1.03. The van der Waals surface area contributed by atoms with E-state index in [0.29, 0.717) is 0 Å². The first kappa shape index (κ1) is 12.0. The highest BCUT2D eigenvalue weighted by molar-refractivity contribution is 9.10. The highest BCUT2D eigenvalue weighted by Crippen LogP contribution is 2.22. The van der Waals surface area contributed by atoms with Crippen LogP contribution in [-0.4, -0.2) is 31.5 Å². The van der Waals surface area contributed by atoms with Crippen LogP contribution >= 0.6 is 15.9 Å². The first-order valence-electron chi connectivity index (χ1n) is 4.60. The molecule has 4 heteroatoms. The minimum atomic E-state index is -0.0469. The molecule has 0 aromatic heterocycles. The van der Waals surface area contributed by atoms with Gasteiger partial charge in [-0.05, 0) is 24.6 Å². The van der Waals surface area contributed by atoms with Crippen molar-refractivity contribution >= 4 is 21.8 Å². The van der Waals surface area contributed by atoms with E-state index in [1.54, 1.807) is 14.1 Å². The molecule has 1 rings (SSSR count). The maximum absolute atomic E-state index is 11.3. The first-order chi connectivity index (χ1) is 7.00. The van der Waals surface area contributed by atoms with Crippen LogP contribution < -0.4 is 4.74 Å². The van der Waals surface area contributed by atoms with Gasteiger partial charge in [0.05, 0.1) is 0 Å². The van der Waals surface area contributed by atoms with Crippen molar-refractivity contribution in [1.82, 2.24) is 4.90 Å². The minimum absolute atomic E-state index is 0.0469. The fraction of sp³-hybridized carbons (Fsp3) is 0.364. The number of benzene rings is 1. The van der Waals surface area contributed by atoms with Gasteiger partial charge in [-0.25, -0.2) is 0 Å². The predicted molar refractivity (Wildman–Crippen MR) is 63.1 cm³/mol. The van der Waals surface area contributed by atoms with Gasteiger partial charge < -0.3 is 9.64 Å². The molecule has 0 fully saturated rings. The fourth-order valence-electron chi connectivity index (χ4n) is 0.998. The number of amides is 1. The first-order valence-corrected chi connectivity index (χ1v) is 5.39. The second-order valence-corrected chi connectivity index (χ2v) is 4.40. The molecule has 0 aliphatic carbocycles. The number of aryl methyl sites for hydroxylation is 1. The molecule has 1 amide bonds. The summed E-state index contributed by atoms with van der Waals surface area (Å²) in [5, 5.41) is 0. The lowest BCUT2D eigenvalue weighted by molar-refractivity contribution is -0.130. The van der Waals surface area contributed by atoms with Crippen molar-refractivity contribution in [3.05, 3.63) is 28.2 Å². The number of nitrogens with zero attached hydrogens (tertiary/aromatic N) is 1. The highest BCUT2D eigenvalue weighted by atomic mass is 79.9. The maximum atomic E-state index is 11.3. The van der Waals surface area contributed by atoms with E-state index in [1.807, 2.05) is 25.1 Å². The Labute approximate surface area is 98.2 Å². The predicted octanol–water partition coefficient (Wildman–Crippen LogP) is 2.22. The topological polar surface area (TPSA) is 29.5 Å². The van der Waals surface area contributed by atoms with Gasteiger partial charge in [-0.15, -0.1) is 0 Å². The second-order valence-electron chi connectivity index (χ2n) is 3.49. The van der Waals surface area contributed by atoms with E-state index in [-0.39, 0.29) is 12.5 Å². The quantitative estimate of drug-likeness (QED) is 0.844. The second kappa shape index (κ2) is 5.16. The molecular weight excluding hydrogens is 258 g/mol. The maximum Gasteiger partial charge on any atom is 0.259 e. The third-order valence-corrected chi connectivity index (χ3v) is 2.49.